The van der Waals surface area contributed by atoms with E-state index in [0.29, 0.717) is 43.4 Å². The summed E-state index contributed by atoms with van der Waals surface area (Å²) < 4.78 is 0. The van der Waals surface area contributed by atoms with Crippen LogP contribution in [-0.2, 0) is 23.7 Å². The SMILES string of the molecule is c1ccc(-c2nc(-c3cccc(-c4ccccc4)c3CCN3c4ccccc4C(c4ccccc4)(c4ccccc4)c4ccccc43)nc(-c3cccc(-c4ccccc4)c3CCN3c4ccccc4C(c4ccccc4)(c4ccccc4)c4ccccc43)n2)cc1. The summed E-state index contributed by atoms with van der Waals surface area (Å²) in [4.78, 5) is 21.9. The molecule has 2 aliphatic rings. The minimum Gasteiger partial charge on any atom is -0.341 e. The maximum atomic E-state index is 5.75. The molecule has 0 spiro atoms. The molecule has 5 nitrogen and oxygen atoms in total. The number of benzene rings is 13. The molecule has 13 aromatic carbocycles. The summed E-state index contributed by atoms with van der Waals surface area (Å²) >= 11 is 0. The van der Waals surface area contributed by atoms with Crippen molar-refractivity contribution in [3.8, 4) is 56.4 Å². The second-order valence-electron chi connectivity index (χ2n) is 23.9. The molecule has 0 unspecified atom stereocenters. The Morgan fingerprint density at radius 2 is 0.467 bits per heavy atom. The van der Waals surface area contributed by atoms with Gasteiger partial charge in [-0.15, -0.1) is 0 Å². The van der Waals surface area contributed by atoms with Gasteiger partial charge in [-0.3, -0.25) is 0 Å². The Balaban J connectivity index is 0.848. The number of anilines is 4. The van der Waals surface area contributed by atoms with Gasteiger partial charge in [0.15, 0.2) is 17.5 Å². The summed E-state index contributed by atoms with van der Waals surface area (Å²) in [6.45, 7) is 1.36. The van der Waals surface area contributed by atoms with Gasteiger partial charge in [-0.1, -0.05) is 322 Å². The largest absolute Gasteiger partial charge is 0.341 e. The van der Waals surface area contributed by atoms with Gasteiger partial charge >= 0.3 is 0 Å². The van der Waals surface area contributed by atoms with Gasteiger partial charge in [0.05, 0.1) is 10.8 Å². The molecule has 0 fully saturated rings. The molecule has 3 heterocycles. The lowest BCUT2D eigenvalue weighted by molar-refractivity contribution is 0.714. The van der Waals surface area contributed by atoms with Crippen LogP contribution in [0, 0.1) is 0 Å². The molecule has 2 aliphatic heterocycles. The van der Waals surface area contributed by atoms with Crippen LogP contribution in [0.3, 0.4) is 0 Å². The lowest BCUT2D eigenvalue weighted by atomic mass is 9.62. The van der Waals surface area contributed by atoms with E-state index in [2.05, 4.69) is 356 Å². The maximum absolute atomic E-state index is 5.75. The zero-order valence-electron chi connectivity index (χ0n) is 51.0. The highest BCUT2D eigenvalue weighted by molar-refractivity contribution is 5.87. The van der Waals surface area contributed by atoms with E-state index in [0.717, 1.165) is 50.1 Å². The first kappa shape index (κ1) is 55.8. The van der Waals surface area contributed by atoms with E-state index >= 15 is 0 Å². The summed E-state index contributed by atoms with van der Waals surface area (Å²) in [6.07, 6.45) is 1.36. The van der Waals surface area contributed by atoms with E-state index in [4.69, 9.17) is 15.0 Å². The van der Waals surface area contributed by atoms with Crippen LogP contribution in [-0.4, -0.2) is 28.0 Å². The number of fused-ring (bicyclic) bond motifs is 4. The van der Waals surface area contributed by atoms with Crippen molar-refractivity contribution in [1.82, 2.24) is 15.0 Å². The topological polar surface area (TPSA) is 45.2 Å². The van der Waals surface area contributed by atoms with Crippen molar-refractivity contribution in [2.45, 2.75) is 23.7 Å². The van der Waals surface area contributed by atoms with E-state index in [9.17, 15) is 0 Å². The fourth-order valence-corrected chi connectivity index (χ4v) is 15.2. The minimum atomic E-state index is -0.565. The number of para-hydroxylation sites is 4. The highest BCUT2D eigenvalue weighted by atomic mass is 15.2. The van der Waals surface area contributed by atoms with E-state index in [-0.39, 0.29) is 0 Å². The maximum Gasteiger partial charge on any atom is 0.164 e. The normalized spacial score (nSPS) is 13.3. The summed E-state index contributed by atoms with van der Waals surface area (Å²) in [5, 5.41) is 0. The third-order valence-electron chi connectivity index (χ3n) is 19.1. The molecule has 1 aromatic heterocycles. The predicted octanol–water partition coefficient (Wildman–Crippen LogP) is 20.4. The fourth-order valence-electron chi connectivity index (χ4n) is 15.2. The van der Waals surface area contributed by atoms with Gasteiger partial charge < -0.3 is 9.80 Å². The molecule has 92 heavy (non-hydrogen) atoms. The molecule has 0 N–H and O–H groups in total. The second-order valence-corrected chi connectivity index (χ2v) is 23.9. The molecule has 0 saturated carbocycles. The molecule has 438 valence electrons. The molecule has 5 heteroatoms. The van der Waals surface area contributed by atoms with Crippen molar-refractivity contribution >= 4 is 22.7 Å². The van der Waals surface area contributed by atoms with Gasteiger partial charge in [-0.25, -0.2) is 15.0 Å². The molecule has 0 aliphatic carbocycles. The summed E-state index contributed by atoms with van der Waals surface area (Å²) in [7, 11) is 0. The van der Waals surface area contributed by atoms with E-state index in [1.54, 1.807) is 0 Å². The van der Waals surface area contributed by atoms with Gasteiger partial charge in [0.1, 0.15) is 0 Å². The van der Waals surface area contributed by atoms with Crippen LogP contribution in [0.2, 0.25) is 0 Å². The van der Waals surface area contributed by atoms with Crippen molar-refractivity contribution < 1.29 is 0 Å². The van der Waals surface area contributed by atoms with Crippen LogP contribution in [0.15, 0.2) is 346 Å². The van der Waals surface area contributed by atoms with Gasteiger partial charge in [-0.05, 0) is 115 Å². The first-order valence-corrected chi connectivity index (χ1v) is 32.0. The molecule has 0 atom stereocenters. The number of hydrogen-bond acceptors (Lipinski definition) is 5. The van der Waals surface area contributed by atoms with Gasteiger partial charge in [0.25, 0.3) is 0 Å². The van der Waals surface area contributed by atoms with Gasteiger partial charge in [0.2, 0.25) is 0 Å². The van der Waals surface area contributed by atoms with Gasteiger partial charge in [0, 0.05) is 52.5 Å². The molecule has 0 saturated heterocycles. The Hall–Kier alpha value is -11.5. The Morgan fingerprint density at radius 3 is 0.783 bits per heavy atom. The Bertz CT molecular complexity index is 4460. The lowest BCUT2D eigenvalue weighted by Crippen LogP contribution is -2.39. The Morgan fingerprint density at radius 1 is 0.217 bits per heavy atom. The zero-order chi connectivity index (χ0) is 61.3. The zero-order valence-corrected chi connectivity index (χ0v) is 51.0. The van der Waals surface area contributed by atoms with Crippen LogP contribution in [0.1, 0.15) is 55.6 Å². The molecular formula is C87H65N5. The fraction of sp³-hybridized carbons (Fsp3) is 0.0690. The van der Waals surface area contributed by atoms with Crippen molar-refractivity contribution in [1.29, 1.82) is 0 Å². The predicted molar refractivity (Wildman–Crippen MR) is 378 cm³/mol. The number of aromatic nitrogens is 3. The van der Waals surface area contributed by atoms with Crippen molar-refractivity contribution in [3.63, 3.8) is 0 Å². The van der Waals surface area contributed by atoms with Crippen LogP contribution in [0.5, 0.6) is 0 Å². The molecule has 14 aromatic rings. The molecule has 0 bridgehead atoms. The quantitative estimate of drug-likeness (QED) is 0.102. The monoisotopic (exact) mass is 1180 g/mol. The third-order valence-corrected chi connectivity index (χ3v) is 19.1. The number of nitrogens with zero attached hydrogens (tertiary/aromatic N) is 5. The van der Waals surface area contributed by atoms with E-state index < -0.39 is 10.8 Å². The van der Waals surface area contributed by atoms with E-state index in [1.807, 2.05) is 0 Å². The summed E-state index contributed by atoms with van der Waals surface area (Å²) in [5.41, 5.74) is 23.3. The van der Waals surface area contributed by atoms with Crippen LogP contribution in [0.4, 0.5) is 22.7 Å². The van der Waals surface area contributed by atoms with Crippen molar-refractivity contribution in [2.75, 3.05) is 22.9 Å². The smallest absolute Gasteiger partial charge is 0.164 e. The molecular weight excluding hydrogens is 1110 g/mol. The van der Waals surface area contributed by atoms with Crippen LogP contribution < -0.4 is 9.80 Å². The lowest BCUT2D eigenvalue weighted by Gasteiger charge is -2.46. The first-order chi connectivity index (χ1) is 45.7. The third kappa shape index (κ3) is 9.52. The molecule has 0 amide bonds. The van der Waals surface area contributed by atoms with Crippen molar-refractivity contribution in [2.24, 2.45) is 0 Å². The standard InChI is InChI=1S/C87H65N5/c1-8-32-62(33-9-1)69-46-30-48-73(71(69)58-60-91-79-54-26-22-50-75(79)86(65-38-14-4-15-39-65,66-40-16-5-17-41-66)76-51-23-27-55-80(76)91)84-88-83(64-36-12-3-13-37-64)89-85(90-84)74-49-31-47-70(63-34-10-2-11-35-63)72(74)59-61-92-81-56-28-24-52-77(81)87(67-42-18-6-19-43-67,68-44-20-7-21-45-68)78-53-25-29-57-82(78)92/h1-57H,58-61H2. The van der Waals surface area contributed by atoms with Crippen LogP contribution in [0.25, 0.3) is 56.4 Å². The van der Waals surface area contributed by atoms with Crippen molar-refractivity contribution in [3.05, 3.63) is 401 Å². The summed E-state index contributed by atoms with van der Waals surface area (Å²) in [5.74, 6) is 1.87. The molecule has 0 radical (unpaired) electrons. The van der Waals surface area contributed by atoms with Crippen LogP contribution >= 0.6 is 0 Å². The van der Waals surface area contributed by atoms with E-state index in [1.165, 1.54) is 67.3 Å². The Kier molecular flexibility index (Phi) is 14.6. The van der Waals surface area contributed by atoms with Gasteiger partial charge in [-0.2, -0.15) is 0 Å². The summed E-state index contributed by atoms with van der Waals surface area (Å²) in [6, 6.07) is 126. The first-order valence-electron chi connectivity index (χ1n) is 32.0. The average Bonchev–Trinajstić information content (AvgIpc) is 0.714. The average molecular weight is 1180 g/mol. The Labute approximate surface area is 539 Å². The number of hydrogen-bond donors (Lipinski definition) is 0. The highest BCUT2D eigenvalue weighted by Gasteiger charge is 2.47. The minimum absolute atomic E-state index is 0.565. The second kappa shape index (κ2) is 24.1. The molecule has 16 rings (SSSR count). The number of rotatable bonds is 15. The highest BCUT2D eigenvalue weighted by Crippen LogP contribution is 2.58.